The molecular formula is C15H25N3. The Morgan fingerprint density at radius 2 is 1.94 bits per heavy atom. The van der Waals surface area contributed by atoms with Crippen LogP contribution in [0.4, 0.5) is 5.82 Å². The normalized spacial score (nSPS) is 24.0. The summed E-state index contributed by atoms with van der Waals surface area (Å²) in [5, 5.41) is 0. The van der Waals surface area contributed by atoms with Gasteiger partial charge in [-0.25, -0.2) is 4.98 Å². The molecule has 18 heavy (non-hydrogen) atoms. The lowest BCUT2D eigenvalue weighted by Gasteiger charge is -2.34. The summed E-state index contributed by atoms with van der Waals surface area (Å²) in [5.41, 5.74) is 7.97. The fourth-order valence-electron chi connectivity index (χ4n) is 2.84. The first kappa shape index (κ1) is 13.3. The number of aryl methyl sites for hydroxylation is 1. The highest BCUT2D eigenvalue weighted by molar-refractivity contribution is 5.43. The van der Waals surface area contributed by atoms with Crippen LogP contribution in [0.5, 0.6) is 0 Å². The average Bonchev–Trinajstić information content (AvgIpc) is 2.38. The van der Waals surface area contributed by atoms with E-state index in [0.717, 1.165) is 17.4 Å². The predicted octanol–water partition coefficient (Wildman–Crippen LogP) is 2.86. The molecule has 1 aromatic heterocycles. The molecule has 1 aliphatic carbocycles. The van der Waals surface area contributed by atoms with Crippen molar-refractivity contribution in [2.45, 2.75) is 52.1 Å². The maximum absolute atomic E-state index is 5.74. The van der Waals surface area contributed by atoms with E-state index in [1.54, 1.807) is 0 Å². The first-order valence-corrected chi connectivity index (χ1v) is 7.00. The third-order valence-electron chi connectivity index (χ3n) is 4.13. The van der Waals surface area contributed by atoms with E-state index < -0.39 is 0 Å². The molecule has 3 nitrogen and oxygen atoms in total. The van der Waals surface area contributed by atoms with Gasteiger partial charge in [-0.3, -0.25) is 0 Å². The third kappa shape index (κ3) is 3.02. The van der Waals surface area contributed by atoms with Crippen LogP contribution in [-0.4, -0.2) is 18.1 Å². The number of nitrogens with two attached hydrogens (primary N) is 1. The standard InChI is InChI=1S/C15H25N3/c1-11-4-6-14(7-5-11)18(3)15-9-13(10-16)8-12(2)17-15/h8-9,11,14H,4-7,10,16H2,1-3H3. The van der Waals surface area contributed by atoms with Crippen LogP contribution in [0, 0.1) is 12.8 Å². The Morgan fingerprint density at radius 1 is 1.28 bits per heavy atom. The van der Waals surface area contributed by atoms with E-state index >= 15 is 0 Å². The SMILES string of the molecule is Cc1cc(CN)cc(N(C)C2CCC(C)CC2)n1. The molecule has 1 saturated carbocycles. The molecule has 0 saturated heterocycles. The van der Waals surface area contributed by atoms with Crippen LogP contribution in [0.3, 0.4) is 0 Å². The Labute approximate surface area is 110 Å². The highest BCUT2D eigenvalue weighted by atomic mass is 15.2. The number of pyridine rings is 1. The van der Waals surface area contributed by atoms with Gasteiger partial charge in [0.15, 0.2) is 0 Å². The van der Waals surface area contributed by atoms with Crippen LogP contribution in [0.1, 0.15) is 43.9 Å². The molecule has 0 unspecified atom stereocenters. The van der Waals surface area contributed by atoms with E-state index in [1.165, 1.54) is 31.2 Å². The van der Waals surface area contributed by atoms with Gasteiger partial charge < -0.3 is 10.6 Å². The molecule has 0 aliphatic heterocycles. The van der Waals surface area contributed by atoms with Crippen LogP contribution in [0.15, 0.2) is 12.1 Å². The Kier molecular flexibility index (Phi) is 4.23. The van der Waals surface area contributed by atoms with E-state index in [9.17, 15) is 0 Å². The monoisotopic (exact) mass is 247 g/mol. The molecule has 0 bridgehead atoms. The fourth-order valence-corrected chi connectivity index (χ4v) is 2.84. The molecule has 3 heteroatoms. The van der Waals surface area contributed by atoms with Gasteiger partial charge in [-0.2, -0.15) is 0 Å². The zero-order valence-electron chi connectivity index (χ0n) is 11.8. The Morgan fingerprint density at radius 3 is 2.56 bits per heavy atom. The van der Waals surface area contributed by atoms with Crippen molar-refractivity contribution in [2.24, 2.45) is 11.7 Å². The minimum Gasteiger partial charge on any atom is -0.357 e. The van der Waals surface area contributed by atoms with E-state index in [-0.39, 0.29) is 0 Å². The molecule has 0 aromatic carbocycles. The fraction of sp³-hybridized carbons (Fsp3) is 0.667. The molecule has 0 spiro atoms. The summed E-state index contributed by atoms with van der Waals surface area (Å²) >= 11 is 0. The highest BCUT2D eigenvalue weighted by Crippen LogP contribution is 2.29. The van der Waals surface area contributed by atoms with Crippen LogP contribution in [0.2, 0.25) is 0 Å². The maximum Gasteiger partial charge on any atom is 0.129 e. The van der Waals surface area contributed by atoms with Crippen LogP contribution < -0.4 is 10.6 Å². The molecule has 1 fully saturated rings. The number of rotatable bonds is 3. The summed E-state index contributed by atoms with van der Waals surface area (Å²) in [5.74, 6) is 1.97. The summed E-state index contributed by atoms with van der Waals surface area (Å²) in [6, 6.07) is 4.84. The topological polar surface area (TPSA) is 42.1 Å². The van der Waals surface area contributed by atoms with Gasteiger partial charge in [-0.05, 0) is 56.2 Å². The van der Waals surface area contributed by atoms with E-state index in [1.807, 2.05) is 6.92 Å². The van der Waals surface area contributed by atoms with Crippen LogP contribution in [0.25, 0.3) is 0 Å². The molecule has 0 radical (unpaired) electrons. The summed E-state index contributed by atoms with van der Waals surface area (Å²) in [7, 11) is 2.17. The van der Waals surface area contributed by atoms with Gasteiger partial charge in [0.2, 0.25) is 0 Å². The van der Waals surface area contributed by atoms with Crippen molar-refractivity contribution >= 4 is 5.82 Å². The van der Waals surface area contributed by atoms with Crippen molar-refractivity contribution < 1.29 is 0 Å². The first-order valence-electron chi connectivity index (χ1n) is 7.00. The van der Waals surface area contributed by atoms with Crippen molar-refractivity contribution in [1.29, 1.82) is 0 Å². The molecule has 2 N–H and O–H groups in total. The Hall–Kier alpha value is -1.09. The van der Waals surface area contributed by atoms with E-state index in [2.05, 4.69) is 36.0 Å². The number of nitrogens with zero attached hydrogens (tertiary/aromatic N) is 2. The van der Waals surface area contributed by atoms with Crippen LogP contribution >= 0.6 is 0 Å². The lowest BCUT2D eigenvalue weighted by molar-refractivity contribution is 0.340. The second-order valence-electron chi connectivity index (χ2n) is 5.70. The summed E-state index contributed by atoms with van der Waals surface area (Å²) in [6.07, 6.45) is 5.24. The van der Waals surface area contributed by atoms with Crippen molar-refractivity contribution in [2.75, 3.05) is 11.9 Å². The Bertz CT molecular complexity index is 395. The number of aromatic nitrogens is 1. The molecule has 100 valence electrons. The van der Waals surface area contributed by atoms with Crippen molar-refractivity contribution in [3.05, 3.63) is 23.4 Å². The molecule has 1 aromatic rings. The van der Waals surface area contributed by atoms with Gasteiger partial charge in [-0.1, -0.05) is 6.92 Å². The smallest absolute Gasteiger partial charge is 0.129 e. The third-order valence-corrected chi connectivity index (χ3v) is 4.13. The molecule has 1 heterocycles. The van der Waals surface area contributed by atoms with Gasteiger partial charge in [-0.15, -0.1) is 0 Å². The zero-order chi connectivity index (χ0) is 13.1. The van der Waals surface area contributed by atoms with Gasteiger partial charge in [0.25, 0.3) is 0 Å². The highest BCUT2D eigenvalue weighted by Gasteiger charge is 2.22. The second kappa shape index (κ2) is 5.70. The second-order valence-corrected chi connectivity index (χ2v) is 5.70. The minimum atomic E-state index is 0.589. The quantitative estimate of drug-likeness (QED) is 0.893. The van der Waals surface area contributed by atoms with Gasteiger partial charge in [0.05, 0.1) is 0 Å². The average molecular weight is 247 g/mol. The minimum absolute atomic E-state index is 0.589. The zero-order valence-corrected chi connectivity index (χ0v) is 11.8. The first-order chi connectivity index (χ1) is 8.60. The lowest BCUT2D eigenvalue weighted by Crippen LogP contribution is -2.35. The lowest BCUT2D eigenvalue weighted by atomic mass is 9.87. The largest absolute Gasteiger partial charge is 0.357 e. The maximum atomic E-state index is 5.74. The van der Waals surface area contributed by atoms with Gasteiger partial charge in [0, 0.05) is 25.3 Å². The van der Waals surface area contributed by atoms with Crippen molar-refractivity contribution in [3.63, 3.8) is 0 Å². The molecule has 2 rings (SSSR count). The molecule has 1 aliphatic rings. The van der Waals surface area contributed by atoms with Crippen molar-refractivity contribution in [3.8, 4) is 0 Å². The molecule has 0 amide bonds. The van der Waals surface area contributed by atoms with Gasteiger partial charge >= 0.3 is 0 Å². The predicted molar refractivity (Wildman–Crippen MR) is 76.7 cm³/mol. The molecular weight excluding hydrogens is 222 g/mol. The Balaban J connectivity index is 2.12. The van der Waals surface area contributed by atoms with Gasteiger partial charge in [0.1, 0.15) is 5.82 Å². The van der Waals surface area contributed by atoms with Crippen LogP contribution in [-0.2, 0) is 6.54 Å². The van der Waals surface area contributed by atoms with E-state index in [0.29, 0.717) is 12.6 Å². The summed E-state index contributed by atoms with van der Waals surface area (Å²) in [4.78, 5) is 6.99. The number of anilines is 1. The summed E-state index contributed by atoms with van der Waals surface area (Å²) in [6.45, 7) is 4.99. The number of hydrogen-bond donors (Lipinski definition) is 1. The number of hydrogen-bond acceptors (Lipinski definition) is 3. The van der Waals surface area contributed by atoms with E-state index in [4.69, 9.17) is 5.73 Å². The molecule has 0 atom stereocenters. The summed E-state index contributed by atoms with van der Waals surface area (Å²) < 4.78 is 0. The van der Waals surface area contributed by atoms with Crippen molar-refractivity contribution in [1.82, 2.24) is 4.98 Å².